The van der Waals surface area contributed by atoms with E-state index < -0.39 is 0 Å². The molecular formula is C19H25N. The van der Waals surface area contributed by atoms with Crippen molar-refractivity contribution in [1.82, 2.24) is 5.32 Å². The summed E-state index contributed by atoms with van der Waals surface area (Å²) in [4.78, 5) is 0. The summed E-state index contributed by atoms with van der Waals surface area (Å²) in [6, 6.07) is 18.1. The third-order valence-electron chi connectivity index (χ3n) is 3.94. The van der Waals surface area contributed by atoms with E-state index in [0.29, 0.717) is 6.04 Å². The maximum atomic E-state index is 3.33. The summed E-state index contributed by atoms with van der Waals surface area (Å²) in [5.41, 5.74) is 5.44. The second-order valence-corrected chi connectivity index (χ2v) is 5.40. The van der Waals surface area contributed by atoms with Crippen molar-refractivity contribution in [2.45, 2.75) is 39.2 Å². The Morgan fingerprint density at radius 1 is 1.00 bits per heavy atom. The van der Waals surface area contributed by atoms with Gasteiger partial charge in [0.1, 0.15) is 0 Å². The number of nitrogens with one attached hydrogen (secondary N) is 1. The van der Waals surface area contributed by atoms with Crippen molar-refractivity contribution in [2.24, 2.45) is 0 Å². The highest BCUT2D eigenvalue weighted by Crippen LogP contribution is 2.28. The topological polar surface area (TPSA) is 12.0 Å². The minimum Gasteiger partial charge on any atom is -0.313 e. The van der Waals surface area contributed by atoms with Gasteiger partial charge in [-0.05, 0) is 49.1 Å². The van der Waals surface area contributed by atoms with Crippen molar-refractivity contribution in [1.29, 1.82) is 0 Å². The molecule has 1 unspecified atom stereocenters. The molecule has 0 amide bonds. The van der Waals surface area contributed by atoms with Crippen LogP contribution in [0.1, 0.15) is 43.9 Å². The van der Waals surface area contributed by atoms with E-state index in [0.717, 1.165) is 0 Å². The fourth-order valence-corrected chi connectivity index (χ4v) is 2.52. The lowest BCUT2D eigenvalue weighted by molar-refractivity contribution is 0.654. The van der Waals surface area contributed by atoms with Gasteiger partial charge in [-0.2, -0.15) is 0 Å². The molecule has 1 nitrogen and oxygen atoms in total. The lowest BCUT2D eigenvalue weighted by atomic mass is 9.94. The zero-order chi connectivity index (χ0) is 14.4. The molecule has 0 aliphatic rings. The highest BCUT2D eigenvalue weighted by molar-refractivity contribution is 5.68. The maximum Gasteiger partial charge on any atom is 0.0295 e. The molecule has 0 saturated carbocycles. The minimum atomic E-state index is 0.367. The molecule has 0 spiro atoms. The van der Waals surface area contributed by atoms with E-state index in [9.17, 15) is 0 Å². The van der Waals surface area contributed by atoms with Crippen LogP contribution in [0.25, 0.3) is 11.1 Å². The smallest absolute Gasteiger partial charge is 0.0295 e. The van der Waals surface area contributed by atoms with E-state index in [4.69, 9.17) is 0 Å². The van der Waals surface area contributed by atoms with Gasteiger partial charge >= 0.3 is 0 Å². The van der Waals surface area contributed by atoms with E-state index in [-0.39, 0.29) is 0 Å². The van der Waals surface area contributed by atoms with E-state index in [1.165, 1.54) is 41.5 Å². The van der Waals surface area contributed by atoms with Gasteiger partial charge in [0.05, 0.1) is 0 Å². The third-order valence-corrected chi connectivity index (χ3v) is 3.94. The molecule has 1 heteroatoms. The van der Waals surface area contributed by atoms with Crippen molar-refractivity contribution in [3.8, 4) is 11.1 Å². The van der Waals surface area contributed by atoms with Gasteiger partial charge in [0, 0.05) is 6.04 Å². The Hall–Kier alpha value is -1.60. The van der Waals surface area contributed by atoms with Crippen LogP contribution in [0.4, 0.5) is 0 Å². The van der Waals surface area contributed by atoms with Crippen LogP contribution in [0.15, 0.2) is 48.5 Å². The molecule has 0 saturated heterocycles. The normalized spacial score (nSPS) is 12.3. The van der Waals surface area contributed by atoms with Gasteiger partial charge in [-0.25, -0.2) is 0 Å². The van der Waals surface area contributed by atoms with Crippen molar-refractivity contribution >= 4 is 0 Å². The van der Waals surface area contributed by atoms with Gasteiger partial charge in [-0.3, -0.25) is 0 Å². The summed E-state index contributed by atoms with van der Waals surface area (Å²) in [5.74, 6) is 0. The molecule has 2 aromatic carbocycles. The van der Waals surface area contributed by atoms with Crippen molar-refractivity contribution in [2.75, 3.05) is 7.05 Å². The van der Waals surface area contributed by atoms with Crippen LogP contribution < -0.4 is 5.32 Å². The molecule has 2 rings (SSSR count). The summed E-state index contributed by atoms with van der Waals surface area (Å²) < 4.78 is 0. The molecule has 0 aromatic heterocycles. The van der Waals surface area contributed by atoms with Crippen molar-refractivity contribution in [3.05, 3.63) is 59.7 Å². The number of hydrogen-bond acceptors (Lipinski definition) is 1. The molecule has 2 aromatic rings. The van der Waals surface area contributed by atoms with Crippen LogP contribution in [0, 0.1) is 0 Å². The lowest BCUT2D eigenvalue weighted by Crippen LogP contribution is -2.13. The zero-order valence-electron chi connectivity index (χ0n) is 12.8. The molecule has 1 N–H and O–H groups in total. The highest BCUT2D eigenvalue weighted by Gasteiger charge is 2.09. The van der Waals surface area contributed by atoms with E-state index >= 15 is 0 Å². The van der Waals surface area contributed by atoms with Crippen LogP contribution in [0.5, 0.6) is 0 Å². The third kappa shape index (κ3) is 3.49. The quantitative estimate of drug-likeness (QED) is 0.778. The zero-order valence-corrected chi connectivity index (χ0v) is 12.8. The number of unbranched alkanes of at least 4 members (excludes halogenated alkanes) is 1. The molecule has 0 heterocycles. The predicted molar refractivity (Wildman–Crippen MR) is 88.0 cm³/mol. The summed E-state index contributed by atoms with van der Waals surface area (Å²) >= 11 is 0. The maximum absolute atomic E-state index is 3.33. The van der Waals surface area contributed by atoms with Gasteiger partial charge in [0.25, 0.3) is 0 Å². The number of benzene rings is 2. The van der Waals surface area contributed by atoms with Gasteiger partial charge in [0.2, 0.25) is 0 Å². The first-order valence-corrected chi connectivity index (χ1v) is 7.61. The van der Waals surface area contributed by atoms with Crippen molar-refractivity contribution in [3.63, 3.8) is 0 Å². The molecule has 0 aliphatic heterocycles. The Morgan fingerprint density at radius 3 is 2.35 bits per heavy atom. The van der Waals surface area contributed by atoms with Gasteiger partial charge < -0.3 is 5.32 Å². The minimum absolute atomic E-state index is 0.367. The first kappa shape index (κ1) is 14.8. The first-order valence-electron chi connectivity index (χ1n) is 7.61. The molecular weight excluding hydrogens is 242 g/mol. The van der Waals surface area contributed by atoms with Gasteiger partial charge in [-0.1, -0.05) is 61.9 Å². The van der Waals surface area contributed by atoms with E-state index in [1.54, 1.807) is 0 Å². The number of hydrogen-bond donors (Lipinski definition) is 1. The molecule has 106 valence electrons. The number of rotatable bonds is 6. The summed E-state index contributed by atoms with van der Waals surface area (Å²) in [7, 11) is 2.01. The molecule has 0 aliphatic carbocycles. The number of aryl methyl sites for hydroxylation is 1. The average molecular weight is 267 g/mol. The van der Waals surface area contributed by atoms with Gasteiger partial charge in [-0.15, -0.1) is 0 Å². The second-order valence-electron chi connectivity index (χ2n) is 5.40. The molecule has 0 bridgehead atoms. The van der Waals surface area contributed by atoms with Crippen molar-refractivity contribution < 1.29 is 0 Å². The summed E-state index contributed by atoms with van der Waals surface area (Å²) in [5, 5.41) is 3.33. The van der Waals surface area contributed by atoms with Crippen LogP contribution in [-0.2, 0) is 6.42 Å². The van der Waals surface area contributed by atoms with Crippen LogP contribution in [-0.4, -0.2) is 7.05 Å². The lowest BCUT2D eigenvalue weighted by Gasteiger charge is -2.16. The summed E-state index contributed by atoms with van der Waals surface area (Å²) in [6.07, 6.45) is 3.71. The predicted octanol–water partition coefficient (Wildman–Crippen LogP) is 4.98. The Bertz CT molecular complexity index is 528. The van der Waals surface area contributed by atoms with Crippen LogP contribution in [0.3, 0.4) is 0 Å². The molecule has 1 atom stereocenters. The monoisotopic (exact) mass is 267 g/mol. The Balaban J connectivity index is 2.27. The second kappa shape index (κ2) is 7.25. The van der Waals surface area contributed by atoms with Crippen LogP contribution in [0.2, 0.25) is 0 Å². The van der Waals surface area contributed by atoms with E-state index in [1.807, 2.05) is 7.05 Å². The molecule has 0 fully saturated rings. The molecule has 20 heavy (non-hydrogen) atoms. The van der Waals surface area contributed by atoms with Gasteiger partial charge in [0.15, 0.2) is 0 Å². The molecule has 0 radical (unpaired) electrons. The Labute approximate surface area is 123 Å². The fraction of sp³-hybridized carbons (Fsp3) is 0.368. The summed E-state index contributed by atoms with van der Waals surface area (Å²) in [6.45, 7) is 4.44. The van der Waals surface area contributed by atoms with E-state index in [2.05, 4.69) is 67.7 Å². The highest BCUT2D eigenvalue weighted by atomic mass is 14.9. The standard InChI is InChI=1S/C19H25N/c1-4-5-8-16-11-13-17(14-12-16)19-10-7-6-9-18(19)15(2)20-3/h6-7,9-15,20H,4-5,8H2,1-3H3. The van der Waals surface area contributed by atoms with Crippen LogP contribution >= 0.6 is 0 Å². The average Bonchev–Trinajstić information content (AvgIpc) is 2.52. The SMILES string of the molecule is CCCCc1ccc(-c2ccccc2C(C)NC)cc1. The Morgan fingerprint density at radius 2 is 1.70 bits per heavy atom. The Kier molecular flexibility index (Phi) is 5.37. The first-order chi connectivity index (χ1) is 9.76. The fourth-order valence-electron chi connectivity index (χ4n) is 2.52. The largest absolute Gasteiger partial charge is 0.313 e.